The fourth-order valence-electron chi connectivity index (χ4n) is 1.18. The van der Waals surface area contributed by atoms with Crippen LogP contribution in [-0.4, -0.2) is 25.7 Å². The van der Waals surface area contributed by atoms with Gasteiger partial charge in [-0.25, -0.2) is 4.39 Å². The zero-order valence-corrected chi connectivity index (χ0v) is 11.3. The number of hydrogen-bond donors (Lipinski definition) is 0. The lowest BCUT2D eigenvalue weighted by atomic mass is 10.2. The third-order valence-electron chi connectivity index (χ3n) is 2.26. The number of ether oxygens (including phenoxy) is 2. The number of methoxy groups -OCH3 is 1. The van der Waals surface area contributed by atoms with Crippen LogP contribution in [0.4, 0.5) is 4.39 Å². The molecule has 0 N–H and O–H groups in total. The van der Waals surface area contributed by atoms with Crippen molar-refractivity contribution in [2.75, 3.05) is 19.6 Å². The van der Waals surface area contributed by atoms with Crippen molar-refractivity contribution in [2.24, 2.45) is 0 Å². The normalized spacial score (nSPS) is 11.6. The number of alkyl halides is 1. The molecule has 1 atom stereocenters. The Kier molecular flexibility index (Phi) is 6.56. The molecule has 1 rings (SSSR count). The molecule has 0 fully saturated rings. The van der Waals surface area contributed by atoms with Crippen molar-refractivity contribution in [3.05, 3.63) is 29.6 Å². The first-order valence-corrected chi connectivity index (χ1v) is 6.20. The summed E-state index contributed by atoms with van der Waals surface area (Å²) in [4.78, 5) is 0. The van der Waals surface area contributed by atoms with Crippen molar-refractivity contribution in [1.82, 2.24) is 0 Å². The van der Waals surface area contributed by atoms with Crippen molar-refractivity contribution in [3.63, 3.8) is 0 Å². The third-order valence-corrected chi connectivity index (χ3v) is 2.45. The Bertz CT molecular complexity index is 437. The minimum Gasteiger partial charge on any atom is -0.488 e. The summed E-state index contributed by atoms with van der Waals surface area (Å²) >= 11 is 5.52. The van der Waals surface area contributed by atoms with E-state index in [1.807, 2.05) is 6.92 Å². The first kappa shape index (κ1) is 14.8. The molecule has 1 aromatic rings. The van der Waals surface area contributed by atoms with Gasteiger partial charge in [0.2, 0.25) is 0 Å². The molecule has 2 nitrogen and oxygen atoms in total. The lowest BCUT2D eigenvalue weighted by molar-refractivity contribution is 0.0702. The summed E-state index contributed by atoms with van der Waals surface area (Å²) in [5.41, 5.74) is 0.710. The fraction of sp³-hybridized carbons (Fsp3) is 0.429. The maximum Gasteiger partial charge on any atom is 0.165 e. The molecule has 0 spiro atoms. The fourth-order valence-corrected chi connectivity index (χ4v) is 1.27. The van der Waals surface area contributed by atoms with Gasteiger partial charge in [-0.3, -0.25) is 0 Å². The number of halogens is 2. The minimum atomic E-state index is -0.402. The molecule has 0 saturated carbocycles. The second-order valence-corrected chi connectivity index (χ2v) is 4.12. The Morgan fingerprint density at radius 2 is 2.22 bits per heavy atom. The summed E-state index contributed by atoms with van der Waals surface area (Å²) in [7, 11) is 1.58. The van der Waals surface area contributed by atoms with Crippen LogP contribution in [0, 0.1) is 17.7 Å². The quantitative estimate of drug-likeness (QED) is 0.604. The lowest BCUT2D eigenvalue weighted by Crippen LogP contribution is -2.16. The highest BCUT2D eigenvalue weighted by Gasteiger charge is 2.06. The van der Waals surface area contributed by atoms with Crippen LogP contribution in [0.15, 0.2) is 18.2 Å². The van der Waals surface area contributed by atoms with Gasteiger partial charge in [-0.1, -0.05) is 11.8 Å². The molecule has 0 aliphatic carbocycles. The Balaban J connectivity index is 2.72. The molecule has 4 heteroatoms. The van der Waals surface area contributed by atoms with Crippen LogP contribution in [0.25, 0.3) is 0 Å². The van der Waals surface area contributed by atoms with Gasteiger partial charge in [0.1, 0.15) is 6.61 Å². The predicted molar refractivity (Wildman–Crippen MR) is 70.6 cm³/mol. The van der Waals surface area contributed by atoms with Gasteiger partial charge in [0.15, 0.2) is 11.6 Å². The predicted octanol–water partition coefficient (Wildman–Crippen LogP) is 3.22. The first-order chi connectivity index (χ1) is 8.67. The van der Waals surface area contributed by atoms with Gasteiger partial charge in [-0.2, -0.15) is 0 Å². The number of hydrogen-bond acceptors (Lipinski definition) is 2. The Morgan fingerprint density at radius 3 is 2.89 bits per heavy atom. The summed E-state index contributed by atoms with van der Waals surface area (Å²) in [6.45, 7) is 2.15. The van der Waals surface area contributed by atoms with Gasteiger partial charge in [-0.15, -0.1) is 11.6 Å². The SMILES string of the molecule is COC(C)COc1cc(C#CCCCl)ccc1F. The second kappa shape index (κ2) is 7.97. The monoisotopic (exact) mass is 270 g/mol. The molecule has 18 heavy (non-hydrogen) atoms. The molecule has 1 aromatic carbocycles. The molecule has 0 aliphatic rings. The summed E-state index contributed by atoms with van der Waals surface area (Å²) in [5.74, 6) is 6.07. The lowest BCUT2D eigenvalue weighted by Gasteiger charge is -2.12. The average molecular weight is 271 g/mol. The van der Waals surface area contributed by atoms with Gasteiger partial charge in [0.25, 0.3) is 0 Å². The zero-order valence-electron chi connectivity index (χ0n) is 10.5. The maximum absolute atomic E-state index is 13.5. The summed E-state index contributed by atoms with van der Waals surface area (Å²) < 4.78 is 23.9. The van der Waals surface area contributed by atoms with Gasteiger partial charge in [0.05, 0.1) is 6.10 Å². The van der Waals surface area contributed by atoms with Crippen LogP contribution >= 0.6 is 11.6 Å². The second-order valence-electron chi connectivity index (χ2n) is 3.74. The molecule has 98 valence electrons. The first-order valence-electron chi connectivity index (χ1n) is 5.67. The Hall–Kier alpha value is -1.24. The van der Waals surface area contributed by atoms with Gasteiger partial charge in [-0.05, 0) is 25.1 Å². The number of rotatable bonds is 5. The van der Waals surface area contributed by atoms with E-state index in [0.717, 1.165) is 0 Å². The zero-order chi connectivity index (χ0) is 13.4. The van der Waals surface area contributed by atoms with Crippen LogP contribution in [0.5, 0.6) is 5.75 Å². The topological polar surface area (TPSA) is 18.5 Å². The molecule has 0 bridgehead atoms. The highest BCUT2D eigenvalue weighted by atomic mass is 35.5. The van der Waals surface area contributed by atoms with E-state index < -0.39 is 5.82 Å². The molecule has 0 heterocycles. The molecule has 0 radical (unpaired) electrons. The van der Waals surface area contributed by atoms with Crippen molar-refractivity contribution >= 4 is 11.6 Å². The number of benzene rings is 1. The molecular formula is C14H16ClFO2. The molecule has 0 amide bonds. The van der Waals surface area contributed by atoms with E-state index in [9.17, 15) is 4.39 Å². The van der Waals surface area contributed by atoms with Crippen LogP contribution < -0.4 is 4.74 Å². The van der Waals surface area contributed by atoms with Crippen LogP contribution in [0.3, 0.4) is 0 Å². The van der Waals surface area contributed by atoms with Crippen LogP contribution in [0.1, 0.15) is 18.9 Å². The van der Waals surface area contributed by atoms with Crippen LogP contribution in [0.2, 0.25) is 0 Å². The standard InChI is InChI=1S/C14H16ClFO2/c1-11(17-2)10-18-14-9-12(5-3-4-8-15)6-7-13(14)16/h6-7,9,11H,4,8,10H2,1-2H3. The van der Waals surface area contributed by atoms with E-state index >= 15 is 0 Å². The average Bonchev–Trinajstić information content (AvgIpc) is 2.39. The summed E-state index contributed by atoms with van der Waals surface area (Å²) in [6.07, 6.45) is 0.519. The molecular weight excluding hydrogens is 255 g/mol. The molecule has 0 aliphatic heterocycles. The van der Waals surface area contributed by atoms with Crippen molar-refractivity contribution < 1.29 is 13.9 Å². The van der Waals surface area contributed by atoms with E-state index in [1.165, 1.54) is 6.07 Å². The molecule has 1 unspecified atom stereocenters. The van der Waals surface area contributed by atoms with E-state index in [4.69, 9.17) is 21.1 Å². The van der Waals surface area contributed by atoms with Crippen LogP contribution in [-0.2, 0) is 4.74 Å². The van der Waals surface area contributed by atoms with Gasteiger partial charge < -0.3 is 9.47 Å². The van der Waals surface area contributed by atoms with Gasteiger partial charge >= 0.3 is 0 Å². The van der Waals surface area contributed by atoms with Crippen molar-refractivity contribution in [2.45, 2.75) is 19.4 Å². The smallest absolute Gasteiger partial charge is 0.165 e. The van der Waals surface area contributed by atoms with Gasteiger partial charge in [0, 0.05) is 25.0 Å². The summed E-state index contributed by atoms with van der Waals surface area (Å²) in [6, 6.07) is 4.54. The Labute approximate surface area is 112 Å². The van der Waals surface area contributed by atoms with E-state index in [-0.39, 0.29) is 11.9 Å². The third kappa shape index (κ3) is 4.95. The van der Waals surface area contributed by atoms with Crippen molar-refractivity contribution in [1.29, 1.82) is 0 Å². The molecule has 0 saturated heterocycles. The minimum absolute atomic E-state index is 0.0876. The largest absolute Gasteiger partial charge is 0.488 e. The van der Waals surface area contributed by atoms with Crippen molar-refractivity contribution in [3.8, 4) is 17.6 Å². The summed E-state index contributed by atoms with van der Waals surface area (Å²) in [5, 5.41) is 0. The highest BCUT2D eigenvalue weighted by molar-refractivity contribution is 6.18. The van der Waals surface area contributed by atoms with E-state index in [1.54, 1.807) is 19.2 Å². The van der Waals surface area contributed by atoms with E-state index in [0.29, 0.717) is 24.5 Å². The maximum atomic E-state index is 13.5. The highest BCUT2D eigenvalue weighted by Crippen LogP contribution is 2.18. The van der Waals surface area contributed by atoms with E-state index in [2.05, 4.69) is 11.8 Å². The Morgan fingerprint density at radius 1 is 1.44 bits per heavy atom. The molecule has 0 aromatic heterocycles.